The predicted octanol–water partition coefficient (Wildman–Crippen LogP) is 1.98. The van der Waals surface area contributed by atoms with E-state index in [-0.39, 0.29) is 27.8 Å². The number of hydrogen-bond acceptors (Lipinski definition) is 4. The highest BCUT2D eigenvalue weighted by atomic mass is 79.9. The van der Waals surface area contributed by atoms with Crippen LogP contribution in [0, 0.1) is 5.92 Å². The van der Waals surface area contributed by atoms with Gasteiger partial charge in [-0.1, -0.05) is 15.9 Å². The Morgan fingerprint density at radius 3 is 2.46 bits per heavy atom. The van der Waals surface area contributed by atoms with E-state index in [0.717, 1.165) is 4.47 Å². The van der Waals surface area contributed by atoms with E-state index >= 15 is 0 Å². The van der Waals surface area contributed by atoms with Gasteiger partial charge in [-0.2, -0.15) is 0 Å². The first-order valence-electron chi connectivity index (χ1n) is 8.98. The molecule has 9 heteroatoms. The number of carbonyl (C=O) groups is 1. The molecular weight excluding hydrogens is 446 g/mol. The van der Waals surface area contributed by atoms with Crippen molar-refractivity contribution < 1.29 is 13.2 Å². The Bertz CT molecular complexity index is 1010. The standard InChI is InChI=1S/C19H22BrN3O4S/c1-22-10-2-3-17(18(22)24)19(25)23-11-8-14(9-12-23)13-21-28(26,27)16-6-4-15(20)5-7-16/h2-7,10,14,21H,8-9,11-13H2,1H3. The number of sulfonamides is 1. The molecule has 1 fully saturated rings. The number of amides is 1. The first-order chi connectivity index (χ1) is 13.3. The van der Waals surface area contributed by atoms with Crippen LogP contribution in [0.2, 0.25) is 0 Å². The summed E-state index contributed by atoms with van der Waals surface area (Å²) >= 11 is 3.29. The molecule has 1 saturated heterocycles. The molecule has 1 aromatic heterocycles. The Labute approximate surface area is 172 Å². The molecular formula is C19H22BrN3O4S. The minimum atomic E-state index is -3.56. The van der Waals surface area contributed by atoms with Gasteiger partial charge in [0.1, 0.15) is 5.56 Å². The second kappa shape index (κ2) is 8.59. The lowest BCUT2D eigenvalue weighted by Gasteiger charge is -2.32. The van der Waals surface area contributed by atoms with Crippen molar-refractivity contribution in [3.8, 4) is 0 Å². The van der Waals surface area contributed by atoms with Gasteiger partial charge in [-0.25, -0.2) is 13.1 Å². The third-order valence-corrected chi connectivity index (χ3v) is 6.91. The third kappa shape index (κ3) is 4.71. The number of nitrogens with one attached hydrogen (secondary N) is 1. The number of halogens is 1. The average Bonchev–Trinajstić information content (AvgIpc) is 2.69. The highest BCUT2D eigenvalue weighted by molar-refractivity contribution is 9.10. The Morgan fingerprint density at radius 1 is 1.18 bits per heavy atom. The fourth-order valence-electron chi connectivity index (χ4n) is 3.20. The van der Waals surface area contributed by atoms with Gasteiger partial charge in [-0.15, -0.1) is 0 Å². The first-order valence-corrected chi connectivity index (χ1v) is 11.3. The van der Waals surface area contributed by atoms with E-state index in [2.05, 4.69) is 20.7 Å². The van der Waals surface area contributed by atoms with Crippen molar-refractivity contribution in [2.24, 2.45) is 13.0 Å². The summed E-state index contributed by atoms with van der Waals surface area (Å²) in [6.07, 6.45) is 2.98. The van der Waals surface area contributed by atoms with Gasteiger partial charge in [0, 0.05) is 37.4 Å². The molecule has 2 heterocycles. The number of piperidine rings is 1. The number of rotatable bonds is 5. The molecule has 0 spiro atoms. The van der Waals surface area contributed by atoms with Crippen molar-refractivity contribution in [3.05, 3.63) is 63.0 Å². The van der Waals surface area contributed by atoms with Crippen molar-refractivity contribution in [1.82, 2.24) is 14.2 Å². The fraction of sp³-hybridized carbons (Fsp3) is 0.368. The van der Waals surface area contributed by atoms with Crippen molar-refractivity contribution in [2.75, 3.05) is 19.6 Å². The van der Waals surface area contributed by atoms with Gasteiger partial charge in [0.05, 0.1) is 4.90 Å². The van der Waals surface area contributed by atoms with Crippen molar-refractivity contribution in [3.63, 3.8) is 0 Å². The summed E-state index contributed by atoms with van der Waals surface area (Å²) in [6, 6.07) is 9.70. The van der Waals surface area contributed by atoms with E-state index in [1.54, 1.807) is 54.5 Å². The molecule has 0 aliphatic carbocycles. The molecule has 0 unspecified atom stereocenters. The van der Waals surface area contributed by atoms with Crippen LogP contribution in [0.15, 0.2) is 56.8 Å². The van der Waals surface area contributed by atoms with Crippen LogP contribution < -0.4 is 10.3 Å². The van der Waals surface area contributed by atoms with E-state index < -0.39 is 10.0 Å². The van der Waals surface area contributed by atoms with Gasteiger partial charge >= 0.3 is 0 Å². The number of likely N-dealkylation sites (tertiary alicyclic amines) is 1. The smallest absolute Gasteiger partial charge is 0.263 e. The molecule has 28 heavy (non-hydrogen) atoms. The SMILES string of the molecule is Cn1cccc(C(=O)N2CCC(CNS(=O)(=O)c3ccc(Br)cc3)CC2)c1=O. The molecule has 1 N–H and O–H groups in total. The topological polar surface area (TPSA) is 88.5 Å². The van der Waals surface area contributed by atoms with Gasteiger partial charge in [-0.3, -0.25) is 9.59 Å². The number of pyridine rings is 1. The van der Waals surface area contributed by atoms with Crippen LogP contribution in [-0.2, 0) is 17.1 Å². The summed E-state index contributed by atoms with van der Waals surface area (Å²) in [5.41, 5.74) is -0.142. The van der Waals surface area contributed by atoms with Gasteiger partial charge in [0.25, 0.3) is 11.5 Å². The number of benzene rings is 1. The van der Waals surface area contributed by atoms with Crippen LogP contribution in [0.4, 0.5) is 0 Å². The van der Waals surface area contributed by atoms with Gasteiger partial charge in [-0.05, 0) is 55.2 Å². The second-order valence-electron chi connectivity index (χ2n) is 6.88. The normalized spacial score (nSPS) is 15.6. The van der Waals surface area contributed by atoms with Gasteiger partial charge in [0.15, 0.2) is 0 Å². The molecule has 150 valence electrons. The zero-order valence-corrected chi connectivity index (χ0v) is 17.9. The predicted molar refractivity (Wildman–Crippen MR) is 110 cm³/mol. The Morgan fingerprint density at radius 2 is 1.82 bits per heavy atom. The molecule has 0 atom stereocenters. The lowest BCUT2D eigenvalue weighted by atomic mass is 9.97. The van der Waals surface area contributed by atoms with Crippen LogP contribution in [0.5, 0.6) is 0 Å². The lowest BCUT2D eigenvalue weighted by Crippen LogP contribution is -2.43. The van der Waals surface area contributed by atoms with Gasteiger partial charge in [0.2, 0.25) is 10.0 Å². The summed E-state index contributed by atoms with van der Waals surface area (Å²) in [5, 5.41) is 0. The summed E-state index contributed by atoms with van der Waals surface area (Å²) in [7, 11) is -1.94. The van der Waals surface area contributed by atoms with Crippen LogP contribution in [0.1, 0.15) is 23.2 Å². The number of carbonyl (C=O) groups excluding carboxylic acids is 1. The van der Waals surface area contributed by atoms with E-state index in [1.165, 1.54) is 4.57 Å². The molecule has 1 aliphatic rings. The largest absolute Gasteiger partial charge is 0.338 e. The Hall–Kier alpha value is -1.97. The highest BCUT2D eigenvalue weighted by Crippen LogP contribution is 2.19. The number of hydrogen-bond donors (Lipinski definition) is 1. The molecule has 0 radical (unpaired) electrons. The molecule has 7 nitrogen and oxygen atoms in total. The van der Waals surface area contributed by atoms with Gasteiger partial charge < -0.3 is 9.47 Å². The molecule has 3 rings (SSSR count). The van der Waals surface area contributed by atoms with Crippen molar-refractivity contribution in [1.29, 1.82) is 0 Å². The maximum atomic E-state index is 12.6. The van der Waals surface area contributed by atoms with E-state index in [4.69, 9.17) is 0 Å². The molecule has 1 amide bonds. The number of nitrogens with zero attached hydrogens (tertiary/aromatic N) is 2. The highest BCUT2D eigenvalue weighted by Gasteiger charge is 2.26. The van der Waals surface area contributed by atoms with Crippen LogP contribution in [0.25, 0.3) is 0 Å². The number of aryl methyl sites for hydroxylation is 1. The summed E-state index contributed by atoms with van der Waals surface area (Å²) < 4.78 is 29.6. The van der Waals surface area contributed by atoms with Crippen LogP contribution in [0.3, 0.4) is 0 Å². The molecule has 0 bridgehead atoms. The van der Waals surface area contributed by atoms with E-state index in [1.807, 2.05) is 0 Å². The zero-order chi connectivity index (χ0) is 20.3. The van der Waals surface area contributed by atoms with E-state index in [0.29, 0.717) is 32.5 Å². The zero-order valence-electron chi connectivity index (χ0n) is 15.5. The Kier molecular flexibility index (Phi) is 6.36. The lowest BCUT2D eigenvalue weighted by molar-refractivity contribution is 0.0689. The second-order valence-corrected chi connectivity index (χ2v) is 9.56. The van der Waals surface area contributed by atoms with Crippen LogP contribution >= 0.6 is 15.9 Å². The maximum absolute atomic E-state index is 12.6. The van der Waals surface area contributed by atoms with E-state index in [9.17, 15) is 18.0 Å². The summed E-state index contributed by atoms with van der Waals surface area (Å²) in [5.74, 6) is -0.122. The Balaban J connectivity index is 1.55. The minimum absolute atomic E-state index is 0.146. The number of aromatic nitrogens is 1. The monoisotopic (exact) mass is 467 g/mol. The molecule has 0 saturated carbocycles. The van der Waals surface area contributed by atoms with Crippen molar-refractivity contribution in [2.45, 2.75) is 17.7 Å². The summed E-state index contributed by atoms with van der Waals surface area (Å²) in [6.45, 7) is 1.33. The van der Waals surface area contributed by atoms with Crippen molar-refractivity contribution >= 4 is 31.9 Å². The fourth-order valence-corrected chi connectivity index (χ4v) is 4.58. The first kappa shape index (κ1) is 20.8. The third-order valence-electron chi connectivity index (χ3n) is 4.94. The maximum Gasteiger partial charge on any atom is 0.263 e. The van der Waals surface area contributed by atoms with Crippen LogP contribution in [-0.4, -0.2) is 43.4 Å². The quantitative estimate of drug-likeness (QED) is 0.727. The molecule has 1 aromatic carbocycles. The molecule has 2 aromatic rings. The minimum Gasteiger partial charge on any atom is -0.338 e. The summed E-state index contributed by atoms with van der Waals surface area (Å²) in [4.78, 5) is 26.6. The average molecular weight is 468 g/mol. The molecule has 1 aliphatic heterocycles.